The Balaban J connectivity index is 3.97. The topological polar surface area (TPSA) is 69.2 Å². The zero-order chi connectivity index (χ0) is 16.7. The molecule has 0 fully saturated rings. The number of allylic oxidation sites excluding steroid dienone is 1. The van der Waals surface area contributed by atoms with E-state index in [1.54, 1.807) is 0 Å². The molecule has 5 nitrogen and oxygen atoms in total. The first-order valence-corrected chi connectivity index (χ1v) is 9.16. The van der Waals surface area contributed by atoms with Gasteiger partial charge in [-0.2, -0.15) is 0 Å². The van der Waals surface area contributed by atoms with Crippen molar-refractivity contribution in [2.24, 2.45) is 5.41 Å². The Bertz CT molecular complexity index is 428. The van der Waals surface area contributed by atoms with Crippen LogP contribution in [0.3, 0.4) is 0 Å². The van der Waals surface area contributed by atoms with Crippen molar-refractivity contribution in [2.45, 2.75) is 40.0 Å². The third kappa shape index (κ3) is 9.87. The van der Waals surface area contributed by atoms with Crippen molar-refractivity contribution in [3.8, 4) is 0 Å². The van der Waals surface area contributed by atoms with E-state index in [2.05, 4.69) is 46.8 Å². The van der Waals surface area contributed by atoms with Gasteiger partial charge in [0, 0.05) is 36.3 Å². The normalized spacial score (nSPS) is 13.2. The SMILES string of the molecule is C=C(NCCC[N+](C)(C)CCCS(=O)(=O)[O-])C(C)(C)CC. The molecule has 21 heavy (non-hydrogen) atoms. The maximum absolute atomic E-state index is 10.6. The van der Waals surface area contributed by atoms with Gasteiger partial charge in [-0.15, -0.1) is 0 Å². The van der Waals surface area contributed by atoms with Gasteiger partial charge in [0.25, 0.3) is 0 Å². The molecule has 0 aliphatic rings. The summed E-state index contributed by atoms with van der Waals surface area (Å²) in [6, 6.07) is 0. The zero-order valence-corrected chi connectivity index (χ0v) is 15.1. The van der Waals surface area contributed by atoms with Crippen LogP contribution < -0.4 is 5.32 Å². The highest BCUT2D eigenvalue weighted by Gasteiger charge is 2.19. The fraction of sp³-hybridized carbons (Fsp3) is 0.867. The zero-order valence-electron chi connectivity index (χ0n) is 14.2. The second-order valence-corrected chi connectivity index (χ2v) is 8.52. The number of nitrogens with zero attached hydrogens (tertiary/aromatic N) is 1. The second kappa shape index (κ2) is 8.15. The fourth-order valence-corrected chi connectivity index (χ4v) is 2.46. The number of rotatable bonds is 11. The van der Waals surface area contributed by atoms with Crippen LogP contribution in [-0.4, -0.2) is 56.9 Å². The second-order valence-electron chi connectivity index (χ2n) is 6.99. The van der Waals surface area contributed by atoms with Crippen LogP contribution in [-0.2, 0) is 10.1 Å². The van der Waals surface area contributed by atoms with Gasteiger partial charge in [0.15, 0.2) is 0 Å². The molecule has 0 saturated heterocycles. The molecule has 0 rings (SSSR count). The van der Waals surface area contributed by atoms with E-state index in [0.717, 1.165) is 36.1 Å². The van der Waals surface area contributed by atoms with Crippen LogP contribution in [0.2, 0.25) is 0 Å². The predicted molar refractivity (Wildman–Crippen MR) is 86.9 cm³/mol. The van der Waals surface area contributed by atoms with Crippen LogP contribution >= 0.6 is 0 Å². The van der Waals surface area contributed by atoms with Crippen molar-refractivity contribution in [1.29, 1.82) is 0 Å². The molecule has 0 amide bonds. The summed E-state index contributed by atoms with van der Waals surface area (Å²) >= 11 is 0. The Hall–Kier alpha value is -0.590. The molecule has 0 aromatic heterocycles. The van der Waals surface area contributed by atoms with Crippen molar-refractivity contribution in [3.05, 3.63) is 12.3 Å². The molecular formula is C15H32N2O3S. The van der Waals surface area contributed by atoms with E-state index in [9.17, 15) is 13.0 Å². The van der Waals surface area contributed by atoms with E-state index in [-0.39, 0.29) is 11.2 Å². The smallest absolute Gasteiger partial charge is 0.0948 e. The van der Waals surface area contributed by atoms with Crippen LogP contribution in [0, 0.1) is 5.41 Å². The monoisotopic (exact) mass is 320 g/mol. The van der Waals surface area contributed by atoms with E-state index in [1.165, 1.54) is 0 Å². The number of quaternary nitrogens is 1. The van der Waals surface area contributed by atoms with Gasteiger partial charge in [0.2, 0.25) is 0 Å². The molecule has 0 aliphatic carbocycles. The van der Waals surface area contributed by atoms with Gasteiger partial charge in [0.1, 0.15) is 0 Å². The predicted octanol–water partition coefficient (Wildman–Crippen LogP) is 1.93. The molecule has 126 valence electrons. The molecule has 0 aromatic rings. The van der Waals surface area contributed by atoms with Crippen LogP contribution in [0.1, 0.15) is 40.0 Å². The number of hydrogen-bond donors (Lipinski definition) is 1. The molecule has 0 aliphatic heterocycles. The van der Waals surface area contributed by atoms with E-state index < -0.39 is 10.1 Å². The van der Waals surface area contributed by atoms with Crippen molar-refractivity contribution >= 4 is 10.1 Å². The summed E-state index contributed by atoms with van der Waals surface area (Å²) in [5.41, 5.74) is 1.17. The molecule has 0 spiro atoms. The summed E-state index contributed by atoms with van der Waals surface area (Å²) in [4.78, 5) is 0. The molecule has 1 N–H and O–H groups in total. The Morgan fingerprint density at radius 2 is 1.76 bits per heavy atom. The maximum atomic E-state index is 10.6. The highest BCUT2D eigenvalue weighted by molar-refractivity contribution is 7.85. The van der Waals surface area contributed by atoms with E-state index >= 15 is 0 Å². The van der Waals surface area contributed by atoms with Gasteiger partial charge in [-0.25, -0.2) is 8.42 Å². The minimum atomic E-state index is -4.09. The van der Waals surface area contributed by atoms with Gasteiger partial charge < -0.3 is 14.4 Å². The molecule has 6 heteroatoms. The Morgan fingerprint density at radius 1 is 1.24 bits per heavy atom. The average molecular weight is 320 g/mol. The first-order valence-electron chi connectivity index (χ1n) is 7.58. The van der Waals surface area contributed by atoms with Crippen molar-refractivity contribution in [3.63, 3.8) is 0 Å². The van der Waals surface area contributed by atoms with Crippen LogP contribution in [0.25, 0.3) is 0 Å². The highest BCUT2D eigenvalue weighted by atomic mass is 32.2. The maximum Gasteiger partial charge on any atom is 0.0948 e. The third-order valence-electron chi connectivity index (χ3n) is 4.14. The summed E-state index contributed by atoms with van der Waals surface area (Å²) in [5, 5.41) is 3.38. The molecule has 0 unspecified atom stereocenters. The van der Waals surface area contributed by atoms with E-state index in [1.807, 2.05) is 0 Å². The van der Waals surface area contributed by atoms with E-state index in [0.29, 0.717) is 13.0 Å². The Morgan fingerprint density at radius 3 is 2.24 bits per heavy atom. The first-order chi connectivity index (χ1) is 9.40. The van der Waals surface area contributed by atoms with Crippen LogP contribution in [0.5, 0.6) is 0 Å². The minimum Gasteiger partial charge on any atom is -0.748 e. The quantitative estimate of drug-likeness (QED) is 0.359. The molecule has 0 atom stereocenters. The van der Waals surface area contributed by atoms with Gasteiger partial charge in [-0.05, 0) is 6.42 Å². The number of nitrogens with one attached hydrogen (secondary N) is 1. The Labute approximate surface area is 130 Å². The first kappa shape index (κ1) is 20.4. The highest BCUT2D eigenvalue weighted by Crippen LogP contribution is 2.26. The van der Waals surface area contributed by atoms with Gasteiger partial charge in [0.05, 0.1) is 37.3 Å². The average Bonchev–Trinajstić information content (AvgIpc) is 2.32. The summed E-state index contributed by atoms with van der Waals surface area (Å²) < 4.78 is 32.5. The summed E-state index contributed by atoms with van der Waals surface area (Å²) in [6.07, 6.45) is 2.45. The lowest BCUT2D eigenvalue weighted by atomic mass is 9.87. The molecular weight excluding hydrogens is 288 g/mol. The molecule has 0 radical (unpaired) electrons. The number of hydrogen-bond acceptors (Lipinski definition) is 4. The van der Waals surface area contributed by atoms with Crippen LogP contribution in [0.4, 0.5) is 0 Å². The van der Waals surface area contributed by atoms with E-state index in [4.69, 9.17) is 0 Å². The van der Waals surface area contributed by atoms with Gasteiger partial charge in [-0.3, -0.25) is 0 Å². The largest absolute Gasteiger partial charge is 0.748 e. The van der Waals surface area contributed by atoms with Gasteiger partial charge in [-0.1, -0.05) is 27.4 Å². The standard InChI is InChI=1S/C15H32N2O3S/c1-7-15(3,4)14(2)16-10-8-11-17(5,6)12-9-13-21(18,19)20/h16H,2,7-13H2,1,3-6H3. The van der Waals surface area contributed by atoms with Gasteiger partial charge >= 0.3 is 0 Å². The van der Waals surface area contributed by atoms with Crippen LogP contribution in [0.15, 0.2) is 12.3 Å². The third-order valence-corrected chi connectivity index (χ3v) is 4.93. The molecule has 0 saturated carbocycles. The van der Waals surface area contributed by atoms with Crippen molar-refractivity contribution in [1.82, 2.24) is 5.32 Å². The summed E-state index contributed by atoms with van der Waals surface area (Å²) in [7, 11) is 0.0293. The lowest BCUT2D eigenvalue weighted by Crippen LogP contribution is -2.43. The minimum absolute atomic E-state index is 0.104. The molecule has 0 heterocycles. The molecule has 0 aromatic carbocycles. The molecule has 0 bridgehead atoms. The summed E-state index contributed by atoms with van der Waals surface area (Å²) in [6.45, 7) is 13.1. The van der Waals surface area contributed by atoms with Crippen molar-refractivity contribution in [2.75, 3.05) is 39.5 Å². The lowest BCUT2D eigenvalue weighted by molar-refractivity contribution is -0.890. The van der Waals surface area contributed by atoms with Crippen molar-refractivity contribution < 1.29 is 17.5 Å². The Kier molecular flexibility index (Phi) is 7.92. The fourth-order valence-electron chi connectivity index (χ4n) is 1.98. The summed E-state index contributed by atoms with van der Waals surface area (Å²) in [5.74, 6) is -0.269. The lowest BCUT2D eigenvalue weighted by Gasteiger charge is -2.31.